The summed E-state index contributed by atoms with van der Waals surface area (Å²) in [7, 11) is 0. The lowest BCUT2D eigenvalue weighted by Gasteiger charge is -2.22. The Hall–Kier alpha value is -3.78. The number of ether oxygens (including phenoxy) is 2. The molecule has 0 fully saturated rings. The Bertz CT molecular complexity index is 1570. The number of rotatable bonds is 5. The molecule has 1 unspecified atom stereocenters. The Morgan fingerprint density at radius 1 is 1.15 bits per heavy atom. The van der Waals surface area contributed by atoms with Crippen LogP contribution in [0.4, 0.5) is 0 Å². The third-order valence-corrected chi connectivity index (χ3v) is 6.37. The van der Waals surface area contributed by atoms with Crippen LogP contribution in [0, 0.1) is 5.92 Å². The molecule has 7 nitrogen and oxygen atoms in total. The van der Waals surface area contributed by atoms with Crippen LogP contribution >= 0.6 is 11.3 Å². The molecule has 2 aromatic heterocycles. The van der Waals surface area contributed by atoms with Gasteiger partial charge in [-0.15, -0.1) is 0 Å². The van der Waals surface area contributed by atoms with E-state index in [4.69, 9.17) is 9.47 Å². The maximum absolute atomic E-state index is 13.1. The molecule has 0 bridgehead atoms. The van der Waals surface area contributed by atoms with Crippen molar-refractivity contribution >= 4 is 28.4 Å². The van der Waals surface area contributed by atoms with E-state index in [-0.39, 0.29) is 22.3 Å². The summed E-state index contributed by atoms with van der Waals surface area (Å²) in [5.41, 5.74) is 1.71. The van der Waals surface area contributed by atoms with Gasteiger partial charge in [-0.3, -0.25) is 9.59 Å². The summed E-state index contributed by atoms with van der Waals surface area (Å²) in [5, 5.41) is 4.35. The molecule has 172 valence electrons. The van der Waals surface area contributed by atoms with Gasteiger partial charge in [-0.05, 0) is 60.9 Å². The minimum Gasteiger partial charge on any atom is -0.493 e. The van der Waals surface area contributed by atoms with Crippen molar-refractivity contribution in [2.45, 2.75) is 26.9 Å². The van der Waals surface area contributed by atoms with E-state index in [1.807, 2.05) is 37.3 Å². The van der Waals surface area contributed by atoms with E-state index in [1.165, 1.54) is 4.52 Å². The molecule has 0 radical (unpaired) electrons. The van der Waals surface area contributed by atoms with Crippen LogP contribution in [-0.2, 0) is 0 Å². The standard InChI is InChI=1S/C26H23N3O4S/c1-15(2)14-32-20-10-8-17(9-11-20)23-24(30)27-26-29(28-23)25(31)22(34-26)13-19-12-18-6-4-5-7-21(18)33-16(19)3/h4-13,15-16H,14H2,1-3H3. The first-order valence-electron chi connectivity index (χ1n) is 11.0. The van der Waals surface area contributed by atoms with Gasteiger partial charge in [0.2, 0.25) is 4.96 Å². The van der Waals surface area contributed by atoms with Crippen molar-refractivity contribution in [3.63, 3.8) is 0 Å². The zero-order chi connectivity index (χ0) is 23.8. The molecule has 4 aromatic rings. The van der Waals surface area contributed by atoms with E-state index in [0.717, 1.165) is 28.2 Å². The van der Waals surface area contributed by atoms with Crippen LogP contribution in [0.1, 0.15) is 26.3 Å². The average molecular weight is 474 g/mol. The number of fused-ring (bicyclic) bond motifs is 2. The number of nitrogens with zero attached hydrogens (tertiary/aromatic N) is 3. The van der Waals surface area contributed by atoms with Crippen molar-refractivity contribution in [3.05, 3.63) is 84.9 Å². The molecule has 1 aliphatic heterocycles. The fourth-order valence-electron chi connectivity index (χ4n) is 3.63. The molecule has 0 N–H and O–H groups in total. The van der Waals surface area contributed by atoms with Crippen molar-refractivity contribution in [2.24, 2.45) is 5.92 Å². The molecule has 0 aliphatic carbocycles. The summed E-state index contributed by atoms with van der Waals surface area (Å²) in [6, 6.07) is 14.8. The van der Waals surface area contributed by atoms with E-state index in [1.54, 1.807) is 30.3 Å². The SMILES string of the molecule is CC(C)COc1ccc(-c2nn3c(=O)c(=CC4=Cc5ccccc5OC4C)sc3nc2=O)cc1. The summed E-state index contributed by atoms with van der Waals surface area (Å²) < 4.78 is 13.3. The third kappa shape index (κ3) is 4.24. The van der Waals surface area contributed by atoms with Gasteiger partial charge >= 0.3 is 5.56 Å². The summed E-state index contributed by atoms with van der Waals surface area (Å²) >= 11 is 1.14. The number of hydrogen-bond donors (Lipinski definition) is 0. The van der Waals surface area contributed by atoms with E-state index < -0.39 is 5.56 Å². The quantitative estimate of drug-likeness (QED) is 0.441. The van der Waals surface area contributed by atoms with E-state index >= 15 is 0 Å². The summed E-state index contributed by atoms with van der Waals surface area (Å²) in [6.07, 6.45) is 3.58. The monoisotopic (exact) mass is 473 g/mol. The lowest BCUT2D eigenvalue weighted by atomic mass is 10.0. The van der Waals surface area contributed by atoms with E-state index in [2.05, 4.69) is 23.9 Å². The van der Waals surface area contributed by atoms with Crippen molar-refractivity contribution in [1.82, 2.24) is 14.6 Å². The van der Waals surface area contributed by atoms with Gasteiger partial charge in [-0.1, -0.05) is 43.4 Å². The highest BCUT2D eigenvalue weighted by Gasteiger charge is 2.18. The predicted octanol–water partition coefficient (Wildman–Crippen LogP) is 3.58. The number of thiazole rings is 1. The normalized spacial score (nSPS) is 15.8. The molecule has 2 aromatic carbocycles. The highest BCUT2D eigenvalue weighted by Crippen LogP contribution is 2.29. The summed E-state index contributed by atoms with van der Waals surface area (Å²) in [5.74, 6) is 1.93. The van der Waals surface area contributed by atoms with Crippen LogP contribution in [-0.4, -0.2) is 27.3 Å². The predicted molar refractivity (Wildman–Crippen MR) is 133 cm³/mol. The Kier molecular flexibility index (Phi) is 5.75. The molecule has 1 atom stereocenters. The first-order valence-corrected chi connectivity index (χ1v) is 11.9. The Labute approximate surface area is 199 Å². The number of para-hydroxylation sites is 1. The maximum Gasteiger partial charge on any atom is 0.300 e. The molecule has 34 heavy (non-hydrogen) atoms. The number of benzene rings is 2. The van der Waals surface area contributed by atoms with Crippen LogP contribution in [0.15, 0.2) is 63.7 Å². The number of hydrogen-bond acceptors (Lipinski definition) is 7. The van der Waals surface area contributed by atoms with Gasteiger partial charge in [0, 0.05) is 11.1 Å². The van der Waals surface area contributed by atoms with Gasteiger partial charge in [0.05, 0.1) is 11.1 Å². The third-order valence-electron chi connectivity index (χ3n) is 5.41. The maximum atomic E-state index is 13.1. The fourth-order valence-corrected chi connectivity index (χ4v) is 4.54. The molecule has 0 spiro atoms. The number of aromatic nitrogens is 3. The smallest absolute Gasteiger partial charge is 0.300 e. The van der Waals surface area contributed by atoms with Crippen LogP contribution in [0.5, 0.6) is 11.5 Å². The van der Waals surface area contributed by atoms with Crippen LogP contribution in [0.2, 0.25) is 0 Å². The summed E-state index contributed by atoms with van der Waals surface area (Å²) in [6.45, 7) is 6.68. The van der Waals surface area contributed by atoms with Gasteiger partial charge in [0.15, 0.2) is 5.69 Å². The van der Waals surface area contributed by atoms with Gasteiger partial charge in [-0.25, -0.2) is 0 Å². The molecular formula is C26H23N3O4S. The second-order valence-electron chi connectivity index (χ2n) is 8.55. The molecule has 1 aliphatic rings. The zero-order valence-corrected chi connectivity index (χ0v) is 19.8. The molecule has 0 amide bonds. The Morgan fingerprint density at radius 3 is 2.68 bits per heavy atom. The highest BCUT2D eigenvalue weighted by molar-refractivity contribution is 7.15. The van der Waals surface area contributed by atoms with Crippen molar-refractivity contribution in [3.8, 4) is 22.8 Å². The van der Waals surface area contributed by atoms with Crippen LogP contribution in [0.25, 0.3) is 28.4 Å². The van der Waals surface area contributed by atoms with Crippen LogP contribution in [0.3, 0.4) is 0 Å². The second kappa shape index (κ2) is 8.87. The molecule has 8 heteroatoms. The summed E-state index contributed by atoms with van der Waals surface area (Å²) in [4.78, 5) is 30.2. The average Bonchev–Trinajstić information content (AvgIpc) is 3.12. The zero-order valence-electron chi connectivity index (χ0n) is 19.0. The van der Waals surface area contributed by atoms with Crippen molar-refractivity contribution < 1.29 is 9.47 Å². The Balaban J connectivity index is 1.53. The minimum atomic E-state index is -0.480. The molecule has 0 saturated heterocycles. The van der Waals surface area contributed by atoms with Gasteiger partial charge in [0.25, 0.3) is 5.56 Å². The molecule has 3 heterocycles. The molecule has 0 saturated carbocycles. The molecule has 5 rings (SSSR count). The van der Waals surface area contributed by atoms with Gasteiger partial charge < -0.3 is 9.47 Å². The lowest BCUT2D eigenvalue weighted by Crippen LogP contribution is -2.28. The Morgan fingerprint density at radius 2 is 1.91 bits per heavy atom. The highest BCUT2D eigenvalue weighted by atomic mass is 32.1. The second-order valence-corrected chi connectivity index (χ2v) is 9.56. The molecular weight excluding hydrogens is 450 g/mol. The van der Waals surface area contributed by atoms with Gasteiger partial charge in [-0.2, -0.15) is 14.6 Å². The largest absolute Gasteiger partial charge is 0.493 e. The van der Waals surface area contributed by atoms with E-state index in [0.29, 0.717) is 28.4 Å². The van der Waals surface area contributed by atoms with Crippen LogP contribution < -0.4 is 25.1 Å². The first kappa shape index (κ1) is 22.0. The minimum absolute atomic E-state index is 0.122. The fraction of sp³-hybridized carbons (Fsp3) is 0.231. The van der Waals surface area contributed by atoms with Crippen molar-refractivity contribution in [1.29, 1.82) is 0 Å². The topological polar surface area (TPSA) is 82.8 Å². The first-order chi connectivity index (χ1) is 16.4. The van der Waals surface area contributed by atoms with Gasteiger partial charge in [0.1, 0.15) is 17.6 Å². The lowest BCUT2D eigenvalue weighted by molar-refractivity contribution is 0.259. The van der Waals surface area contributed by atoms with E-state index in [9.17, 15) is 9.59 Å². The van der Waals surface area contributed by atoms with Crippen molar-refractivity contribution in [2.75, 3.05) is 6.61 Å².